The Morgan fingerprint density at radius 3 is 2.34 bits per heavy atom. The van der Waals surface area contributed by atoms with Crippen molar-refractivity contribution in [1.29, 1.82) is 0 Å². The number of anilines is 2. The number of carbonyl (C=O) groups is 2. The molecule has 0 aliphatic heterocycles. The van der Waals surface area contributed by atoms with Crippen LogP contribution < -0.4 is 10.6 Å². The summed E-state index contributed by atoms with van der Waals surface area (Å²) in [5.74, 6) is -1.86. The summed E-state index contributed by atoms with van der Waals surface area (Å²) in [5, 5.41) is 9.63. The van der Waals surface area contributed by atoms with Gasteiger partial charge in [0.2, 0.25) is 5.91 Å². The van der Waals surface area contributed by atoms with Gasteiger partial charge in [0.15, 0.2) is 0 Å². The van der Waals surface area contributed by atoms with Crippen LogP contribution in [0.25, 0.3) is 5.69 Å². The highest BCUT2D eigenvalue weighted by atomic mass is 19.1. The molecule has 0 atom stereocenters. The fourth-order valence-electron chi connectivity index (χ4n) is 3.75. The average molecular weight is 475 g/mol. The van der Waals surface area contributed by atoms with Crippen LogP contribution in [0.15, 0.2) is 79.0 Å². The molecule has 8 heteroatoms. The Morgan fingerprint density at radius 2 is 1.66 bits per heavy atom. The van der Waals surface area contributed by atoms with Crippen LogP contribution in [0.1, 0.15) is 41.4 Å². The first-order valence-electron chi connectivity index (χ1n) is 11.1. The fourth-order valence-corrected chi connectivity index (χ4v) is 3.75. The van der Waals surface area contributed by atoms with Crippen molar-refractivity contribution in [2.45, 2.75) is 26.2 Å². The zero-order valence-electron chi connectivity index (χ0n) is 19.3. The monoisotopic (exact) mass is 474 g/mol. The van der Waals surface area contributed by atoms with E-state index in [0.29, 0.717) is 22.6 Å². The maximum absolute atomic E-state index is 14.4. The predicted molar refractivity (Wildman–Crippen MR) is 131 cm³/mol. The van der Waals surface area contributed by atoms with Crippen molar-refractivity contribution >= 4 is 23.2 Å². The Hall–Kier alpha value is -4.33. The topological polar surface area (TPSA) is 76.0 Å². The zero-order valence-corrected chi connectivity index (χ0v) is 19.3. The lowest BCUT2D eigenvalue weighted by atomic mass is 10.0. The first-order valence-corrected chi connectivity index (χ1v) is 11.1. The Balaban J connectivity index is 1.53. The first kappa shape index (κ1) is 23.8. The summed E-state index contributed by atoms with van der Waals surface area (Å²) in [5.41, 5.74) is 2.69. The number of halogens is 2. The first-order chi connectivity index (χ1) is 16.8. The number of nitrogens with zero attached hydrogens (tertiary/aromatic N) is 2. The molecular weight excluding hydrogens is 450 g/mol. The lowest BCUT2D eigenvalue weighted by Crippen LogP contribution is -2.17. The van der Waals surface area contributed by atoms with Crippen molar-refractivity contribution < 1.29 is 18.4 Å². The molecule has 4 rings (SSSR count). The molecule has 0 fully saturated rings. The van der Waals surface area contributed by atoms with Crippen LogP contribution in [0.2, 0.25) is 0 Å². The van der Waals surface area contributed by atoms with Gasteiger partial charge < -0.3 is 10.6 Å². The maximum Gasteiger partial charge on any atom is 0.259 e. The zero-order chi connectivity index (χ0) is 24.9. The number of aromatic nitrogens is 2. The number of benzene rings is 3. The van der Waals surface area contributed by atoms with Crippen molar-refractivity contribution in [1.82, 2.24) is 9.78 Å². The highest BCUT2D eigenvalue weighted by Gasteiger charge is 2.21. The molecule has 0 unspecified atom stereocenters. The van der Waals surface area contributed by atoms with E-state index in [1.54, 1.807) is 16.8 Å². The molecule has 0 aliphatic carbocycles. The third kappa shape index (κ3) is 5.60. The number of hydrogen-bond acceptors (Lipinski definition) is 3. The van der Waals surface area contributed by atoms with Gasteiger partial charge in [0.05, 0.1) is 35.2 Å². The summed E-state index contributed by atoms with van der Waals surface area (Å²) in [6.07, 6.45) is 1.54. The lowest BCUT2D eigenvalue weighted by Gasteiger charge is -2.14. The van der Waals surface area contributed by atoms with Gasteiger partial charge in [-0.25, -0.2) is 13.5 Å². The molecule has 0 spiro atoms. The number of carbonyl (C=O) groups excluding carboxylic acids is 2. The Bertz CT molecular complexity index is 1350. The molecule has 0 saturated heterocycles. The van der Waals surface area contributed by atoms with Crippen LogP contribution in [0.3, 0.4) is 0 Å². The highest BCUT2D eigenvalue weighted by Crippen LogP contribution is 2.25. The molecule has 0 saturated carbocycles. The van der Waals surface area contributed by atoms with Crippen molar-refractivity contribution in [3.8, 4) is 5.69 Å². The van der Waals surface area contributed by atoms with E-state index < -0.39 is 11.7 Å². The van der Waals surface area contributed by atoms with E-state index in [2.05, 4.69) is 15.7 Å². The summed E-state index contributed by atoms with van der Waals surface area (Å²) in [6.45, 7) is 3.85. The van der Waals surface area contributed by atoms with Crippen LogP contribution in [0, 0.1) is 11.6 Å². The minimum absolute atomic E-state index is 0.0326. The van der Waals surface area contributed by atoms with Gasteiger partial charge in [-0.05, 0) is 53.9 Å². The maximum atomic E-state index is 14.4. The number of amides is 2. The number of hydrogen-bond donors (Lipinski definition) is 2. The molecule has 1 heterocycles. The summed E-state index contributed by atoms with van der Waals surface area (Å²) < 4.78 is 29.3. The van der Waals surface area contributed by atoms with Crippen molar-refractivity contribution in [3.63, 3.8) is 0 Å². The molecule has 2 amide bonds. The average Bonchev–Trinajstić information content (AvgIpc) is 3.28. The summed E-state index contributed by atoms with van der Waals surface area (Å²) in [6, 6.07) is 18.9. The second kappa shape index (κ2) is 10.3. The minimum atomic E-state index is -0.614. The molecule has 3 aromatic carbocycles. The van der Waals surface area contributed by atoms with Gasteiger partial charge in [-0.3, -0.25) is 9.59 Å². The van der Waals surface area contributed by atoms with E-state index in [4.69, 9.17) is 0 Å². The SMILES string of the molecule is CC(C)c1c(C(=O)Nc2ccc(F)c(NC(=O)Cc3ccccc3)c2)cnn1-c1ccc(F)cc1. The molecule has 0 radical (unpaired) electrons. The molecule has 0 aliphatic rings. The van der Waals surface area contributed by atoms with E-state index in [1.165, 1.54) is 36.5 Å². The molecule has 35 heavy (non-hydrogen) atoms. The third-order valence-corrected chi connectivity index (χ3v) is 5.37. The summed E-state index contributed by atoms with van der Waals surface area (Å²) in [7, 11) is 0. The second-order valence-electron chi connectivity index (χ2n) is 8.35. The van der Waals surface area contributed by atoms with Crippen LogP contribution in [0.4, 0.5) is 20.2 Å². The molecule has 4 aromatic rings. The van der Waals surface area contributed by atoms with Crippen molar-refractivity contribution in [2.75, 3.05) is 10.6 Å². The van der Waals surface area contributed by atoms with E-state index >= 15 is 0 Å². The van der Waals surface area contributed by atoms with E-state index in [9.17, 15) is 18.4 Å². The molecule has 1 aromatic heterocycles. The van der Waals surface area contributed by atoms with Gasteiger partial charge in [0, 0.05) is 5.69 Å². The largest absolute Gasteiger partial charge is 0.323 e. The van der Waals surface area contributed by atoms with Crippen LogP contribution in [-0.2, 0) is 11.2 Å². The standard InChI is InChI=1S/C27H24F2N4O2/c1-17(2)26-22(16-30-33(26)21-11-8-19(28)9-12-21)27(35)31-20-10-13-23(29)24(15-20)32-25(34)14-18-6-4-3-5-7-18/h3-13,15-17H,14H2,1-2H3,(H,31,35)(H,32,34). The minimum Gasteiger partial charge on any atom is -0.323 e. The van der Waals surface area contributed by atoms with Crippen LogP contribution in [0.5, 0.6) is 0 Å². The predicted octanol–water partition coefficient (Wildman–Crippen LogP) is 5.71. The van der Waals surface area contributed by atoms with Crippen LogP contribution >= 0.6 is 0 Å². The summed E-state index contributed by atoms with van der Waals surface area (Å²) in [4.78, 5) is 25.5. The van der Waals surface area contributed by atoms with E-state index in [1.807, 2.05) is 44.2 Å². The third-order valence-electron chi connectivity index (χ3n) is 5.37. The normalized spacial score (nSPS) is 10.9. The Labute approximate surface area is 201 Å². The van der Waals surface area contributed by atoms with Gasteiger partial charge >= 0.3 is 0 Å². The van der Waals surface area contributed by atoms with Crippen molar-refractivity contribution in [2.24, 2.45) is 0 Å². The second-order valence-corrected chi connectivity index (χ2v) is 8.35. The molecule has 0 bridgehead atoms. The van der Waals surface area contributed by atoms with Gasteiger partial charge in [-0.2, -0.15) is 5.10 Å². The van der Waals surface area contributed by atoms with E-state index in [-0.39, 0.29) is 29.8 Å². The van der Waals surface area contributed by atoms with Gasteiger partial charge in [0.25, 0.3) is 5.91 Å². The smallest absolute Gasteiger partial charge is 0.259 e. The Kier molecular flexibility index (Phi) is 7.01. The fraction of sp³-hybridized carbons (Fsp3) is 0.148. The van der Waals surface area contributed by atoms with Gasteiger partial charge in [0.1, 0.15) is 11.6 Å². The quantitative estimate of drug-likeness (QED) is 0.360. The Morgan fingerprint density at radius 1 is 0.943 bits per heavy atom. The molecule has 6 nitrogen and oxygen atoms in total. The molecule has 2 N–H and O–H groups in total. The van der Waals surface area contributed by atoms with Gasteiger partial charge in [-0.15, -0.1) is 0 Å². The summed E-state index contributed by atoms with van der Waals surface area (Å²) >= 11 is 0. The highest BCUT2D eigenvalue weighted by molar-refractivity contribution is 6.05. The lowest BCUT2D eigenvalue weighted by molar-refractivity contribution is -0.115. The van der Waals surface area contributed by atoms with Gasteiger partial charge in [-0.1, -0.05) is 44.2 Å². The van der Waals surface area contributed by atoms with Crippen molar-refractivity contribution in [3.05, 3.63) is 107 Å². The van der Waals surface area contributed by atoms with E-state index in [0.717, 1.165) is 5.56 Å². The molecular formula is C27H24F2N4O2. The number of nitrogens with one attached hydrogen (secondary N) is 2. The molecule has 178 valence electrons. The number of rotatable bonds is 7. The van der Waals surface area contributed by atoms with Crippen LogP contribution in [-0.4, -0.2) is 21.6 Å².